The fourth-order valence-electron chi connectivity index (χ4n) is 1.82. The van der Waals surface area contributed by atoms with Gasteiger partial charge in [0, 0.05) is 24.8 Å². The van der Waals surface area contributed by atoms with Gasteiger partial charge < -0.3 is 15.4 Å². The van der Waals surface area contributed by atoms with E-state index in [0.717, 1.165) is 18.5 Å². The number of aromatic nitrogens is 2. The van der Waals surface area contributed by atoms with Crippen LogP contribution in [-0.2, 0) is 17.8 Å². The molecule has 1 rings (SSSR count). The van der Waals surface area contributed by atoms with Crippen molar-refractivity contribution in [3.63, 3.8) is 0 Å². The Hall–Kier alpha value is -1.70. The molecule has 0 aromatic carbocycles. The van der Waals surface area contributed by atoms with E-state index in [-0.39, 0.29) is 0 Å². The van der Waals surface area contributed by atoms with Crippen molar-refractivity contribution < 1.29 is 18.3 Å². The molecule has 0 spiro atoms. The van der Waals surface area contributed by atoms with Crippen LogP contribution in [0.4, 0.5) is 13.6 Å². The average molecular weight is 332 g/mol. The normalized spacial score (nSPS) is 12.3. The molecule has 1 aromatic heterocycles. The Morgan fingerprint density at radius 1 is 1.35 bits per heavy atom. The quantitative estimate of drug-likeness (QED) is 0.768. The summed E-state index contributed by atoms with van der Waals surface area (Å²) >= 11 is 0. The molecule has 0 saturated heterocycles. The minimum absolute atomic E-state index is 0.297. The molecule has 2 N–H and O–H groups in total. The maximum atomic E-state index is 13.7. The Morgan fingerprint density at radius 2 is 2.04 bits per heavy atom. The second-order valence-corrected chi connectivity index (χ2v) is 6.43. The number of nitrogens with one attached hydrogen (secondary N) is 2. The topological polar surface area (TPSA) is 68.2 Å². The van der Waals surface area contributed by atoms with E-state index in [1.807, 2.05) is 13.1 Å². The van der Waals surface area contributed by atoms with Crippen LogP contribution in [0.2, 0.25) is 0 Å². The van der Waals surface area contributed by atoms with E-state index in [2.05, 4.69) is 15.7 Å². The largest absolute Gasteiger partial charge is 0.444 e. The van der Waals surface area contributed by atoms with Crippen LogP contribution in [0.5, 0.6) is 0 Å². The van der Waals surface area contributed by atoms with Gasteiger partial charge in [0.05, 0.1) is 19.3 Å². The molecule has 6 nitrogen and oxygen atoms in total. The van der Waals surface area contributed by atoms with Crippen molar-refractivity contribution in [3.05, 3.63) is 18.0 Å². The van der Waals surface area contributed by atoms with Crippen molar-refractivity contribution in [2.75, 3.05) is 13.1 Å². The van der Waals surface area contributed by atoms with Crippen LogP contribution in [0, 0.1) is 0 Å². The number of hydrogen-bond donors (Lipinski definition) is 2. The number of nitrogens with zero attached hydrogens (tertiary/aromatic N) is 2. The van der Waals surface area contributed by atoms with Gasteiger partial charge in [-0.15, -0.1) is 0 Å². The first-order valence-corrected chi connectivity index (χ1v) is 7.68. The lowest BCUT2D eigenvalue weighted by Gasteiger charge is -2.22. The van der Waals surface area contributed by atoms with Gasteiger partial charge in [-0.1, -0.05) is 6.92 Å². The second kappa shape index (κ2) is 8.24. The van der Waals surface area contributed by atoms with Gasteiger partial charge in [-0.2, -0.15) is 5.10 Å². The standard InChI is InChI=1S/C15H26F2N4O2/c1-5-6-21-9-12(8-20-21)7-18-10-15(16,17)11-19-13(22)23-14(2,3)4/h8-9,18H,5-7,10-11H2,1-4H3,(H,19,22). The molecule has 1 aromatic rings. The molecular formula is C15H26F2N4O2. The van der Waals surface area contributed by atoms with Crippen LogP contribution in [0.1, 0.15) is 39.7 Å². The first-order chi connectivity index (χ1) is 10.6. The van der Waals surface area contributed by atoms with Gasteiger partial charge in [-0.25, -0.2) is 13.6 Å². The van der Waals surface area contributed by atoms with Gasteiger partial charge in [-0.3, -0.25) is 4.68 Å². The predicted molar refractivity (Wildman–Crippen MR) is 83.4 cm³/mol. The lowest BCUT2D eigenvalue weighted by atomic mass is 10.2. The molecule has 0 saturated carbocycles. The maximum absolute atomic E-state index is 13.7. The van der Waals surface area contributed by atoms with Gasteiger partial charge in [-0.05, 0) is 27.2 Å². The molecule has 23 heavy (non-hydrogen) atoms. The maximum Gasteiger partial charge on any atom is 0.407 e. The lowest BCUT2D eigenvalue weighted by Crippen LogP contribution is -2.44. The molecule has 0 atom stereocenters. The lowest BCUT2D eigenvalue weighted by molar-refractivity contribution is -0.00376. The number of aryl methyl sites for hydroxylation is 1. The average Bonchev–Trinajstić information content (AvgIpc) is 2.83. The number of halogens is 2. The number of rotatable bonds is 8. The number of carbonyl (C=O) groups is 1. The fraction of sp³-hybridized carbons (Fsp3) is 0.733. The van der Waals surface area contributed by atoms with E-state index in [1.165, 1.54) is 0 Å². The van der Waals surface area contributed by atoms with Crippen molar-refractivity contribution in [2.45, 2.75) is 58.7 Å². The van der Waals surface area contributed by atoms with E-state index >= 15 is 0 Å². The Bertz CT molecular complexity index is 498. The highest BCUT2D eigenvalue weighted by Crippen LogP contribution is 2.12. The number of alkyl carbamates (subject to hydrolysis) is 1. The molecule has 0 radical (unpaired) electrons. The van der Waals surface area contributed by atoms with E-state index in [1.54, 1.807) is 31.6 Å². The smallest absolute Gasteiger partial charge is 0.407 e. The summed E-state index contributed by atoms with van der Waals surface area (Å²) in [6.45, 7) is 6.84. The van der Waals surface area contributed by atoms with Crippen LogP contribution in [-0.4, -0.2) is 40.5 Å². The number of ether oxygens (including phenoxy) is 1. The third kappa shape index (κ3) is 8.49. The molecule has 1 amide bonds. The molecule has 8 heteroatoms. The van der Waals surface area contributed by atoms with E-state index < -0.39 is 30.7 Å². The molecule has 0 aliphatic rings. The van der Waals surface area contributed by atoms with Crippen molar-refractivity contribution in [1.29, 1.82) is 0 Å². The van der Waals surface area contributed by atoms with Crippen LogP contribution in [0.25, 0.3) is 0 Å². The minimum atomic E-state index is -3.06. The molecule has 0 fully saturated rings. The molecule has 0 aliphatic heterocycles. The minimum Gasteiger partial charge on any atom is -0.444 e. The Balaban J connectivity index is 2.30. The van der Waals surface area contributed by atoms with E-state index in [0.29, 0.717) is 6.54 Å². The summed E-state index contributed by atoms with van der Waals surface area (Å²) < 4.78 is 34.1. The molecule has 0 bridgehead atoms. The number of carbonyl (C=O) groups excluding carboxylic acids is 1. The summed E-state index contributed by atoms with van der Waals surface area (Å²) in [6.07, 6.45) is 3.59. The van der Waals surface area contributed by atoms with Crippen molar-refractivity contribution in [2.24, 2.45) is 0 Å². The zero-order chi connectivity index (χ0) is 17.5. The number of alkyl halides is 2. The molecule has 1 heterocycles. The third-order valence-electron chi connectivity index (χ3n) is 2.74. The summed E-state index contributed by atoms with van der Waals surface area (Å²) in [5, 5.41) is 8.89. The zero-order valence-corrected chi connectivity index (χ0v) is 14.2. The second-order valence-electron chi connectivity index (χ2n) is 6.43. The van der Waals surface area contributed by atoms with Crippen molar-refractivity contribution in [3.8, 4) is 0 Å². The van der Waals surface area contributed by atoms with Crippen LogP contribution >= 0.6 is 0 Å². The zero-order valence-electron chi connectivity index (χ0n) is 14.2. The Morgan fingerprint density at radius 3 is 2.65 bits per heavy atom. The molecule has 132 valence electrons. The van der Waals surface area contributed by atoms with Gasteiger partial charge in [0.15, 0.2) is 0 Å². The Kier molecular flexibility index (Phi) is 6.93. The summed E-state index contributed by atoms with van der Waals surface area (Å²) in [7, 11) is 0. The molecule has 0 unspecified atom stereocenters. The highest BCUT2D eigenvalue weighted by atomic mass is 19.3. The van der Waals surface area contributed by atoms with Gasteiger partial charge in [0.1, 0.15) is 5.60 Å². The van der Waals surface area contributed by atoms with Gasteiger partial charge >= 0.3 is 6.09 Å². The van der Waals surface area contributed by atoms with Crippen LogP contribution in [0.15, 0.2) is 12.4 Å². The Labute approximate surface area is 135 Å². The van der Waals surface area contributed by atoms with Crippen LogP contribution in [0.3, 0.4) is 0 Å². The van der Waals surface area contributed by atoms with Gasteiger partial charge in [0.25, 0.3) is 5.92 Å². The van der Waals surface area contributed by atoms with E-state index in [9.17, 15) is 13.6 Å². The SMILES string of the molecule is CCCn1cc(CNCC(F)(F)CNC(=O)OC(C)(C)C)cn1. The predicted octanol–water partition coefficient (Wildman–Crippen LogP) is 2.54. The summed E-state index contributed by atoms with van der Waals surface area (Å²) in [4.78, 5) is 11.4. The highest BCUT2D eigenvalue weighted by molar-refractivity contribution is 5.67. The first kappa shape index (κ1) is 19.3. The monoisotopic (exact) mass is 332 g/mol. The fourth-order valence-corrected chi connectivity index (χ4v) is 1.82. The number of amides is 1. The summed E-state index contributed by atoms with van der Waals surface area (Å²) in [5.74, 6) is -3.06. The van der Waals surface area contributed by atoms with Crippen molar-refractivity contribution in [1.82, 2.24) is 20.4 Å². The van der Waals surface area contributed by atoms with Gasteiger partial charge in [0.2, 0.25) is 0 Å². The van der Waals surface area contributed by atoms with Crippen molar-refractivity contribution >= 4 is 6.09 Å². The summed E-state index contributed by atoms with van der Waals surface area (Å²) in [5.41, 5.74) is 0.130. The molecular weight excluding hydrogens is 306 g/mol. The first-order valence-electron chi connectivity index (χ1n) is 7.68. The van der Waals surface area contributed by atoms with Crippen LogP contribution < -0.4 is 10.6 Å². The molecule has 0 aliphatic carbocycles. The highest BCUT2D eigenvalue weighted by Gasteiger charge is 2.30. The third-order valence-corrected chi connectivity index (χ3v) is 2.74. The van der Waals surface area contributed by atoms with E-state index in [4.69, 9.17) is 4.74 Å². The summed E-state index contributed by atoms with van der Waals surface area (Å²) in [6, 6.07) is 0. The number of hydrogen-bond acceptors (Lipinski definition) is 4.